The first kappa shape index (κ1) is 13.9. The zero-order chi connectivity index (χ0) is 14.5. The largest absolute Gasteiger partial charge is 0.496 e. The fraction of sp³-hybridized carbons (Fsp3) is 0.133. The second-order valence-electron chi connectivity index (χ2n) is 4.14. The number of ether oxygens (including phenoxy) is 1. The van der Waals surface area contributed by atoms with E-state index < -0.39 is 17.8 Å². The summed E-state index contributed by atoms with van der Waals surface area (Å²) in [6.45, 7) is 0. The van der Waals surface area contributed by atoms with Crippen LogP contribution in [0.25, 0.3) is 0 Å². The van der Waals surface area contributed by atoms with Crippen LogP contribution in [-0.2, 0) is 4.79 Å². The summed E-state index contributed by atoms with van der Waals surface area (Å²) in [5.74, 6) is -1.19. The Morgan fingerprint density at radius 3 is 2.50 bits per heavy atom. The van der Waals surface area contributed by atoms with Crippen LogP contribution in [0.4, 0.5) is 10.1 Å². The number of halogens is 1. The highest BCUT2D eigenvalue weighted by Gasteiger charge is 2.23. The normalized spacial score (nSPS) is 11.7. The van der Waals surface area contributed by atoms with E-state index in [-0.39, 0.29) is 5.69 Å². The van der Waals surface area contributed by atoms with Gasteiger partial charge in [0, 0.05) is 5.56 Å². The number of rotatable bonds is 5. The summed E-state index contributed by atoms with van der Waals surface area (Å²) in [7, 11) is 1.46. The van der Waals surface area contributed by atoms with Gasteiger partial charge >= 0.3 is 5.97 Å². The lowest BCUT2D eigenvalue weighted by molar-refractivity contribution is -0.138. The predicted octanol–water partition coefficient (Wildman–Crippen LogP) is 3.07. The number of carboxylic acids is 1. The Morgan fingerprint density at radius 2 is 1.85 bits per heavy atom. The van der Waals surface area contributed by atoms with Crippen molar-refractivity contribution in [3.05, 3.63) is 59.9 Å². The van der Waals surface area contributed by atoms with E-state index in [4.69, 9.17) is 4.74 Å². The zero-order valence-electron chi connectivity index (χ0n) is 10.8. The maximum Gasteiger partial charge on any atom is 0.330 e. The van der Waals surface area contributed by atoms with Crippen LogP contribution in [0.3, 0.4) is 0 Å². The average molecular weight is 275 g/mol. The summed E-state index contributed by atoms with van der Waals surface area (Å²) in [6, 6.07) is 11.6. The van der Waals surface area contributed by atoms with Crippen molar-refractivity contribution in [3.63, 3.8) is 0 Å². The first-order valence-electron chi connectivity index (χ1n) is 6.00. The summed E-state index contributed by atoms with van der Waals surface area (Å²) in [5.41, 5.74) is 0.566. The van der Waals surface area contributed by atoms with Crippen molar-refractivity contribution < 1.29 is 19.0 Å². The van der Waals surface area contributed by atoms with Crippen molar-refractivity contribution in [1.82, 2.24) is 0 Å². The molecule has 20 heavy (non-hydrogen) atoms. The van der Waals surface area contributed by atoms with Crippen LogP contribution in [0, 0.1) is 5.82 Å². The standard InChI is InChI=1S/C15H14FNO3/c1-20-13-9-5-2-6-10(13)14(15(18)19)17-12-8-4-3-7-11(12)16/h2-9,14,17H,1H3,(H,18,19). The van der Waals surface area contributed by atoms with Crippen LogP contribution < -0.4 is 10.1 Å². The van der Waals surface area contributed by atoms with Crippen LogP contribution >= 0.6 is 0 Å². The Bertz CT molecular complexity index is 616. The van der Waals surface area contributed by atoms with E-state index in [1.807, 2.05) is 0 Å². The number of nitrogens with one attached hydrogen (secondary N) is 1. The van der Waals surface area contributed by atoms with Gasteiger partial charge in [-0.05, 0) is 18.2 Å². The lowest BCUT2D eigenvalue weighted by Gasteiger charge is -2.18. The van der Waals surface area contributed by atoms with Gasteiger partial charge in [-0.3, -0.25) is 0 Å². The molecule has 0 bridgehead atoms. The Balaban J connectivity index is 2.37. The first-order valence-corrected chi connectivity index (χ1v) is 6.00. The van der Waals surface area contributed by atoms with Crippen molar-refractivity contribution in [2.75, 3.05) is 12.4 Å². The van der Waals surface area contributed by atoms with Gasteiger partial charge in [0.1, 0.15) is 11.6 Å². The number of carboxylic acid groups (broad SMARTS) is 1. The van der Waals surface area contributed by atoms with E-state index in [0.717, 1.165) is 0 Å². The summed E-state index contributed by atoms with van der Waals surface area (Å²) >= 11 is 0. The minimum absolute atomic E-state index is 0.130. The summed E-state index contributed by atoms with van der Waals surface area (Å²) in [6.07, 6.45) is 0. The van der Waals surface area contributed by atoms with Crippen molar-refractivity contribution in [2.24, 2.45) is 0 Å². The van der Waals surface area contributed by atoms with Gasteiger partial charge in [-0.25, -0.2) is 9.18 Å². The van der Waals surface area contributed by atoms with Crippen LogP contribution in [0.2, 0.25) is 0 Å². The molecule has 1 unspecified atom stereocenters. The molecule has 0 amide bonds. The smallest absolute Gasteiger partial charge is 0.330 e. The first-order chi connectivity index (χ1) is 9.63. The molecular weight excluding hydrogens is 261 g/mol. The second-order valence-corrected chi connectivity index (χ2v) is 4.14. The summed E-state index contributed by atoms with van der Waals surface area (Å²) in [5, 5.41) is 12.0. The topological polar surface area (TPSA) is 58.6 Å². The number of benzene rings is 2. The molecule has 0 aliphatic carbocycles. The van der Waals surface area contributed by atoms with Crippen LogP contribution in [0.15, 0.2) is 48.5 Å². The lowest BCUT2D eigenvalue weighted by atomic mass is 10.1. The molecule has 0 heterocycles. The molecule has 0 saturated heterocycles. The Labute approximate surface area is 115 Å². The van der Waals surface area contributed by atoms with Gasteiger partial charge in [0.15, 0.2) is 6.04 Å². The molecule has 0 aromatic heterocycles. The van der Waals surface area contributed by atoms with E-state index in [1.165, 1.54) is 19.2 Å². The number of hydrogen-bond acceptors (Lipinski definition) is 3. The third-order valence-corrected chi connectivity index (χ3v) is 2.87. The average Bonchev–Trinajstić information content (AvgIpc) is 2.46. The number of hydrogen-bond donors (Lipinski definition) is 2. The number of para-hydroxylation sites is 2. The number of anilines is 1. The lowest BCUT2D eigenvalue weighted by Crippen LogP contribution is -2.21. The molecule has 0 radical (unpaired) electrons. The minimum atomic E-state index is -1.11. The van der Waals surface area contributed by atoms with Gasteiger partial charge < -0.3 is 15.2 Å². The van der Waals surface area contributed by atoms with Crippen LogP contribution in [0.5, 0.6) is 5.75 Å². The molecule has 104 valence electrons. The predicted molar refractivity (Wildman–Crippen MR) is 73.4 cm³/mol. The van der Waals surface area contributed by atoms with E-state index in [9.17, 15) is 14.3 Å². The highest BCUT2D eigenvalue weighted by molar-refractivity contribution is 5.80. The molecule has 0 aliphatic heterocycles. The number of aliphatic carboxylic acids is 1. The van der Waals surface area contributed by atoms with Gasteiger partial charge in [0.2, 0.25) is 0 Å². The molecule has 1 atom stereocenters. The van der Waals surface area contributed by atoms with E-state index >= 15 is 0 Å². The van der Waals surface area contributed by atoms with Gasteiger partial charge in [-0.1, -0.05) is 30.3 Å². The molecule has 0 saturated carbocycles. The molecule has 2 aromatic rings. The van der Waals surface area contributed by atoms with Crippen LogP contribution in [-0.4, -0.2) is 18.2 Å². The molecule has 0 fully saturated rings. The second kappa shape index (κ2) is 6.06. The number of methoxy groups -OCH3 is 1. The van der Waals surface area contributed by atoms with Crippen molar-refractivity contribution in [1.29, 1.82) is 0 Å². The quantitative estimate of drug-likeness (QED) is 0.880. The molecule has 4 nitrogen and oxygen atoms in total. The highest BCUT2D eigenvalue weighted by Crippen LogP contribution is 2.28. The Kier molecular flexibility index (Phi) is 4.20. The third-order valence-electron chi connectivity index (χ3n) is 2.87. The van der Waals surface area contributed by atoms with E-state index in [0.29, 0.717) is 11.3 Å². The Morgan fingerprint density at radius 1 is 1.20 bits per heavy atom. The summed E-state index contributed by atoms with van der Waals surface area (Å²) in [4.78, 5) is 11.4. The third kappa shape index (κ3) is 2.88. The highest BCUT2D eigenvalue weighted by atomic mass is 19.1. The Hall–Kier alpha value is -2.56. The SMILES string of the molecule is COc1ccccc1C(Nc1ccccc1F)C(=O)O. The van der Waals surface area contributed by atoms with E-state index in [2.05, 4.69) is 5.32 Å². The maximum absolute atomic E-state index is 13.6. The fourth-order valence-corrected chi connectivity index (χ4v) is 1.91. The molecular formula is C15H14FNO3. The number of carbonyl (C=O) groups is 1. The molecule has 2 rings (SSSR count). The zero-order valence-corrected chi connectivity index (χ0v) is 10.8. The monoisotopic (exact) mass is 275 g/mol. The fourth-order valence-electron chi connectivity index (χ4n) is 1.91. The molecule has 0 spiro atoms. The van der Waals surface area contributed by atoms with Crippen molar-refractivity contribution in [3.8, 4) is 5.75 Å². The van der Waals surface area contributed by atoms with Gasteiger partial charge in [0.05, 0.1) is 12.8 Å². The van der Waals surface area contributed by atoms with Crippen molar-refractivity contribution >= 4 is 11.7 Å². The molecule has 2 N–H and O–H groups in total. The maximum atomic E-state index is 13.6. The minimum Gasteiger partial charge on any atom is -0.496 e. The van der Waals surface area contributed by atoms with Gasteiger partial charge in [-0.15, -0.1) is 0 Å². The summed E-state index contributed by atoms with van der Waals surface area (Å²) < 4.78 is 18.8. The van der Waals surface area contributed by atoms with Gasteiger partial charge in [-0.2, -0.15) is 0 Å². The molecule has 2 aromatic carbocycles. The van der Waals surface area contributed by atoms with E-state index in [1.54, 1.807) is 36.4 Å². The van der Waals surface area contributed by atoms with Crippen LogP contribution in [0.1, 0.15) is 11.6 Å². The molecule has 0 aliphatic rings. The molecule has 5 heteroatoms. The van der Waals surface area contributed by atoms with Gasteiger partial charge in [0.25, 0.3) is 0 Å². The van der Waals surface area contributed by atoms with Crippen molar-refractivity contribution in [2.45, 2.75) is 6.04 Å².